The Morgan fingerprint density at radius 2 is 1.65 bits per heavy atom. The van der Waals surface area contributed by atoms with E-state index in [4.69, 9.17) is 27.9 Å². The quantitative estimate of drug-likeness (QED) is 0.649. The van der Waals surface area contributed by atoms with Crippen molar-refractivity contribution in [2.45, 2.75) is 6.54 Å². The number of rotatable bonds is 4. The summed E-state index contributed by atoms with van der Waals surface area (Å²) in [5, 5.41) is -0.656. The largest absolute Gasteiger partial charge is 0.497 e. The minimum atomic E-state index is -0.862. The van der Waals surface area contributed by atoms with Crippen LogP contribution >= 0.6 is 23.2 Å². The van der Waals surface area contributed by atoms with Gasteiger partial charge in [0.2, 0.25) is 0 Å². The minimum absolute atomic E-state index is 0.00606. The van der Waals surface area contributed by atoms with Gasteiger partial charge < -0.3 is 4.74 Å². The highest BCUT2D eigenvalue weighted by Gasteiger charge is 2.22. The monoisotopic (exact) mass is 396 g/mol. The topological polar surface area (TPSA) is 44.1 Å². The molecule has 0 amide bonds. The van der Waals surface area contributed by atoms with Crippen LogP contribution in [0, 0.1) is 11.6 Å². The van der Waals surface area contributed by atoms with Gasteiger partial charge in [0, 0.05) is 0 Å². The van der Waals surface area contributed by atoms with Gasteiger partial charge in [-0.3, -0.25) is 9.36 Å². The molecule has 0 atom stereocenters. The van der Waals surface area contributed by atoms with Gasteiger partial charge in [-0.05, 0) is 29.8 Å². The van der Waals surface area contributed by atoms with E-state index in [2.05, 4.69) is 4.98 Å². The number of ether oxygens (including phenoxy) is 1. The Balaban J connectivity index is 2.22. The Labute approximate surface area is 157 Å². The summed E-state index contributed by atoms with van der Waals surface area (Å²) in [6.45, 7) is -0.00606. The zero-order valence-electron chi connectivity index (χ0n) is 13.5. The second kappa shape index (κ2) is 7.43. The highest BCUT2D eigenvalue weighted by atomic mass is 35.5. The van der Waals surface area contributed by atoms with E-state index in [-0.39, 0.29) is 22.5 Å². The summed E-state index contributed by atoms with van der Waals surface area (Å²) >= 11 is 11.9. The predicted octanol–water partition coefficient (Wildman–Crippen LogP) is 4.55. The molecule has 8 heteroatoms. The maximum Gasteiger partial charge on any atom is 0.289 e. The van der Waals surface area contributed by atoms with Gasteiger partial charge in [-0.2, -0.15) is 0 Å². The Morgan fingerprint density at radius 1 is 1.04 bits per heavy atom. The highest BCUT2D eigenvalue weighted by Crippen LogP contribution is 2.31. The Kier molecular flexibility index (Phi) is 5.25. The van der Waals surface area contributed by atoms with Gasteiger partial charge in [-0.15, -0.1) is 0 Å². The second-order valence-electron chi connectivity index (χ2n) is 5.38. The lowest BCUT2D eigenvalue weighted by Crippen LogP contribution is -2.25. The third kappa shape index (κ3) is 3.43. The van der Waals surface area contributed by atoms with Gasteiger partial charge in [0.1, 0.15) is 17.4 Å². The van der Waals surface area contributed by atoms with Crippen molar-refractivity contribution in [3.8, 4) is 17.0 Å². The lowest BCUT2D eigenvalue weighted by atomic mass is 10.1. The Hall–Kier alpha value is -2.44. The van der Waals surface area contributed by atoms with Crippen molar-refractivity contribution in [3.63, 3.8) is 0 Å². The predicted molar refractivity (Wildman–Crippen MR) is 96.0 cm³/mol. The molecule has 0 spiro atoms. The molecule has 1 heterocycles. The van der Waals surface area contributed by atoms with Crippen molar-refractivity contribution in [3.05, 3.63) is 80.3 Å². The molecular weight excluding hydrogens is 385 g/mol. The summed E-state index contributed by atoms with van der Waals surface area (Å²) in [5.74, 6) is -1.09. The van der Waals surface area contributed by atoms with Crippen molar-refractivity contribution >= 4 is 23.2 Å². The number of nitrogens with zero attached hydrogens (tertiary/aromatic N) is 2. The zero-order chi connectivity index (χ0) is 18.8. The molecular formula is C18H12Cl2F2N2O2. The third-order valence-electron chi connectivity index (χ3n) is 3.78. The minimum Gasteiger partial charge on any atom is -0.497 e. The molecule has 0 fully saturated rings. The maximum absolute atomic E-state index is 14.3. The molecule has 0 aliphatic rings. The van der Waals surface area contributed by atoms with Crippen molar-refractivity contribution in [1.29, 1.82) is 0 Å². The molecule has 0 N–H and O–H groups in total. The molecule has 0 unspecified atom stereocenters. The van der Waals surface area contributed by atoms with Crippen LogP contribution in [0.15, 0.2) is 47.3 Å². The van der Waals surface area contributed by atoms with E-state index < -0.39 is 22.8 Å². The molecule has 0 saturated heterocycles. The van der Waals surface area contributed by atoms with E-state index >= 15 is 0 Å². The molecule has 1 aromatic heterocycles. The number of aromatic nitrogens is 2. The van der Waals surface area contributed by atoms with Gasteiger partial charge in [0.05, 0.1) is 24.9 Å². The van der Waals surface area contributed by atoms with Gasteiger partial charge >= 0.3 is 0 Å². The molecule has 4 nitrogen and oxygen atoms in total. The molecule has 134 valence electrons. The fourth-order valence-corrected chi connectivity index (χ4v) is 3.05. The third-order valence-corrected chi connectivity index (χ3v) is 4.29. The molecule has 2 aromatic carbocycles. The smallest absolute Gasteiger partial charge is 0.289 e. The molecule has 26 heavy (non-hydrogen) atoms. The van der Waals surface area contributed by atoms with E-state index in [1.807, 2.05) is 0 Å². The molecule has 0 bridgehead atoms. The van der Waals surface area contributed by atoms with Crippen molar-refractivity contribution in [1.82, 2.24) is 9.55 Å². The summed E-state index contributed by atoms with van der Waals surface area (Å²) in [4.78, 5) is 16.2. The Bertz CT molecular complexity index is 1000. The second-order valence-corrected chi connectivity index (χ2v) is 6.09. The lowest BCUT2D eigenvalue weighted by molar-refractivity contribution is 0.414. The van der Waals surface area contributed by atoms with Crippen LogP contribution in [0.5, 0.6) is 5.75 Å². The first-order chi connectivity index (χ1) is 12.4. The van der Waals surface area contributed by atoms with Crippen molar-refractivity contribution < 1.29 is 13.5 Å². The SMILES string of the molecule is COc1ccc(Cn2c(-c3c(F)cccc3F)c(Cl)nc(Cl)c2=O)cc1. The number of hydrogen-bond acceptors (Lipinski definition) is 3. The summed E-state index contributed by atoms with van der Waals surface area (Å²) in [7, 11) is 1.53. The van der Waals surface area contributed by atoms with E-state index in [1.54, 1.807) is 24.3 Å². The summed E-state index contributed by atoms with van der Waals surface area (Å²) in [6.07, 6.45) is 0. The van der Waals surface area contributed by atoms with Gasteiger partial charge in [0.15, 0.2) is 10.3 Å². The molecule has 0 radical (unpaired) electrons. The van der Waals surface area contributed by atoms with E-state index in [0.717, 1.165) is 16.7 Å². The number of methoxy groups -OCH3 is 1. The lowest BCUT2D eigenvalue weighted by Gasteiger charge is -2.16. The first-order valence-corrected chi connectivity index (χ1v) is 8.21. The van der Waals surface area contributed by atoms with Crippen LogP contribution in [0.25, 0.3) is 11.3 Å². The normalized spacial score (nSPS) is 10.8. The zero-order valence-corrected chi connectivity index (χ0v) is 15.0. The average Bonchev–Trinajstić information content (AvgIpc) is 2.62. The number of benzene rings is 2. The molecule has 0 aliphatic heterocycles. The van der Waals surface area contributed by atoms with Crippen LogP contribution in [-0.2, 0) is 6.54 Å². The standard InChI is InChI=1S/C18H12Cl2F2N2O2/c1-26-11-7-5-10(6-8-11)9-24-15(16(19)23-17(20)18(24)25)14-12(21)3-2-4-13(14)22/h2-8H,9H2,1H3. The van der Waals surface area contributed by atoms with Crippen LogP contribution in [0.2, 0.25) is 10.3 Å². The fourth-order valence-electron chi connectivity index (χ4n) is 2.54. The van der Waals surface area contributed by atoms with Crippen LogP contribution in [0.4, 0.5) is 8.78 Å². The first kappa shape index (κ1) is 18.4. The van der Waals surface area contributed by atoms with Crippen LogP contribution < -0.4 is 10.3 Å². The fraction of sp³-hybridized carbons (Fsp3) is 0.111. The van der Waals surface area contributed by atoms with Gasteiger partial charge in [-0.1, -0.05) is 41.4 Å². The van der Waals surface area contributed by atoms with Crippen LogP contribution in [-0.4, -0.2) is 16.7 Å². The summed E-state index contributed by atoms with van der Waals surface area (Å²) < 4.78 is 34.7. The molecule has 0 saturated carbocycles. The molecule has 0 aliphatic carbocycles. The van der Waals surface area contributed by atoms with Crippen LogP contribution in [0.1, 0.15) is 5.56 Å². The van der Waals surface area contributed by atoms with E-state index in [0.29, 0.717) is 11.3 Å². The molecule has 3 rings (SSSR count). The van der Waals surface area contributed by atoms with Gasteiger partial charge in [-0.25, -0.2) is 13.8 Å². The van der Waals surface area contributed by atoms with E-state index in [1.165, 1.54) is 13.2 Å². The summed E-state index contributed by atoms with van der Waals surface area (Å²) in [6, 6.07) is 10.2. The van der Waals surface area contributed by atoms with Crippen molar-refractivity contribution in [2.24, 2.45) is 0 Å². The van der Waals surface area contributed by atoms with Gasteiger partial charge in [0.25, 0.3) is 5.56 Å². The number of halogens is 4. The van der Waals surface area contributed by atoms with E-state index in [9.17, 15) is 13.6 Å². The van der Waals surface area contributed by atoms with Crippen LogP contribution in [0.3, 0.4) is 0 Å². The van der Waals surface area contributed by atoms with Crippen molar-refractivity contribution in [2.75, 3.05) is 7.11 Å². The molecule has 3 aromatic rings. The summed E-state index contributed by atoms with van der Waals surface area (Å²) in [5.41, 5.74) is -0.631. The Morgan fingerprint density at radius 3 is 2.23 bits per heavy atom. The highest BCUT2D eigenvalue weighted by molar-refractivity contribution is 6.33. The first-order valence-electron chi connectivity index (χ1n) is 7.45. The average molecular weight is 397 g/mol. The number of hydrogen-bond donors (Lipinski definition) is 0. The maximum atomic E-state index is 14.3.